The highest BCUT2D eigenvalue weighted by atomic mass is 16.5. The fourth-order valence-electron chi connectivity index (χ4n) is 3.03. The van der Waals surface area contributed by atoms with Gasteiger partial charge in [0.1, 0.15) is 5.75 Å². The molecule has 1 heterocycles. The first-order valence-corrected chi connectivity index (χ1v) is 6.19. The van der Waals surface area contributed by atoms with Crippen LogP contribution in [0, 0.1) is 5.41 Å². The van der Waals surface area contributed by atoms with E-state index in [1.54, 1.807) is 7.11 Å². The summed E-state index contributed by atoms with van der Waals surface area (Å²) < 4.78 is 10.8. The predicted molar refractivity (Wildman–Crippen MR) is 66.2 cm³/mol. The van der Waals surface area contributed by atoms with Gasteiger partial charge in [-0.1, -0.05) is 12.1 Å². The number of hydrogen-bond acceptors (Lipinski definition) is 3. The normalized spacial score (nSPS) is 23.9. The maximum absolute atomic E-state index is 5.99. The summed E-state index contributed by atoms with van der Waals surface area (Å²) in [5.41, 5.74) is 7.72. The minimum Gasteiger partial charge on any atom is -0.497 e. The Labute approximate surface area is 102 Å². The van der Waals surface area contributed by atoms with Crippen LogP contribution in [0.3, 0.4) is 0 Å². The molecule has 2 fully saturated rings. The highest BCUT2D eigenvalue weighted by Gasteiger charge is 2.62. The predicted octanol–water partition coefficient (Wildman–Crippen LogP) is 1.70. The Balaban J connectivity index is 2.00. The van der Waals surface area contributed by atoms with E-state index in [1.807, 2.05) is 6.07 Å². The van der Waals surface area contributed by atoms with Crippen LogP contribution in [0.2, 0.25) is 0 Å². The van der Waals surface area contributed by atoms with Gasteiger partial charge in [0.15, 0.2) is 0 Å². The Bertz CT molecular complexity index is 422. The molecule has 1 aliphatic heterocycles. The minimum atomic E-state index is 0.135. The second kappa shape index (κ2) is 3.72. The van der Waals surface area contributed by atoms with E-state index < -0.39 is 0 Å². The third-order valence-corrected chi connectivity index (χ3v) is 4.58. The fraction of sp³-hybridized carbons (Fsp3) is 0.571. The van der Waals surface area contributed by atoms with Crippen LogP contribution in [-0.2, 0) is 10.2 Å². The third-order valence-electron chi connectivity index (χ3n) is 4.58. The maximum Gasteiger partial charge on any atom is 0.119 e. The van der Waals surface area contributed by atoms with Crippen molar-refractivity contribution >= 4 is 0 Å². The van der Waals surface area contributed by atoms with Crippen molar-refractivity contribution in [1.82, 2.24) is 0 Å². The molecule has 17 heavy (non-hydrogen) atoms. The zero-order valence-corrected chi connectivity index (χ0v) is 10.2. The van der Waals surface area contributed by atoms with E-state index in [0.717, 1.165) is 25.5 Å². The molecule has 0 radical (unpaired) electrons. The molecule has 1 saturated heterocycles. The van der Waals surface area contributed by atoms with Gasteiger partial charge < -0.3 is 15.2 Å². The zero-order valence-electron chi connectivity index (χ0n) is 10.2. The van der Waals surface area contributed by atoms with Gasteiger partial charge in [-0.3, -0.25) is 0 Å². The van der Waals surface area contributed by atoms with Crippen molar-refractivity contribution in [3.63, 3.8) is 0 Å². The van der Waals surface area contributed by atoms with Crippen molar-refractivity contribution in [2.45, 2.75) is 18.3 Å². The van der Waals surface area contributed by atoms with E-state index in [9.17, 15) is 0 Å². The molecule has 92 valence electrons. The van der Waals surface area contributed by atoms with Crippen LogP contribution in [0.15, 0.2) is 24.3 Å². The lowest BCUT2D eigenvalue weighted by Crippen LogP contribution is -2.55. The molecule has 3 rings (SSSR count). The van der Waals surface area contributed by atoms with Gasteiger partial charge in [-0.2, -0.15) is 0 Å². The van der Waals surface area contributed by atoms with Crippen LogP contribution >= 0.6 is 0 Å². The SMILES string of the molecule is COc1cccc(C2(C3(CN)CC3)COC2)c1. The van der Waals surface area contributed by atoms with E-state index in [2.05, 4.69) is 18.2 Å². The lowest BCUT2D eigenvalue weighted by Gasteiger charge is -2.48. The average Bonchev–Trinajstić information content (AvgIpc) is 3.09. The van der Waals surface area contributed by atoms with Gasteiger partial charge in [0.25, 0.3) is 0 Å². The summed E-state index contributed by atoms with van der Waals surface area (Å²) in [6.45, 7) is 2.36. The molecule has 0 spiro atoms. The van der Waals surface area contributed by atoms with Gasteiger partial charge in [-0.15, -0.1) is 0 Å². The van der Waals surface area contributed by atoms with Crippen molar-refractivity contribution in [3.8, 4) is 5.75 Å². The van der Waals surface area contributed by atoms with Gasteiger partial charge in [-0.05, 0) is 42.5 Å². The average molecular weight is 233 g/mol. The largest absolute Gasteiger partial charge is 0.497 e. The Kier molecular flexibility index (Phi) is 2.42. The number of methoxy groups -OCH3 is 1. The van der Waals surface area contributed by atoms with E-state index in [0.29, 0.717) is 0 Å². The summed E-state index contributed by atoms with van der Waals surface area (Å²) in [7, 11) is 1.71. The van der Waals surface area contributed by atoms with Crippen LogP contribution in [0.4, 0.5) is 0 Å². The van der Waals surface area contributed by atoms with Crippen molar-refractivity contribution in [2.24, 2.45) is 11.1 Å². The van der Waals surface area contributed by atoms with E-state index in [-0.39, 0.29) is 10.8 Å². The van der Waals surface area contributed by atoms with E-state index in [1.165, 1.54) is 18.4 Å². The molecular weight excluding hydrogens is 214 g/mol. The van der Waals surface area contributed by atoms with Gasteiger partial charge in [0.2, 0.25) is 0 Å². The quantitative estimate of drug-likeness (QED) is 0.861. The molecule has 0 aromatic heterocycles. The molecule has 2 aliphatic rings. The number of ether oxygens (including phenoxy) is 2. The Morgan fingerprint density at radius 2 is 2.12 bits per heavy atom. The molecule has 0 amide bonds. The summed E-state index contributed by atoms with van der Waals surface area (Å²) >= 11 is 0. The first-order valence-electron chi connectivity index (χ1n) is 6.19. The maximum atomic E-state index is 5.99. The fourth-order valence-corrected chi connectivity index (χ4v) is 3.03. The third kappa shape index (κ3) is 1.42. The summed E-state index contributed by atoms with van der Waals surface area (Å²) in [4.78, 5) is 0. The zero-order chi connectivity index (χ0) is 11.9. The van der Waals surface area contributed by atoms with Crippen molar-refractivity contribution in [3.05, 3.63) is 29.8 Å². The summed E-state index contributed by atoms with van der Waals surface area (Å²) in [5.74, 6) is 0.918. The van der Waals surface area contributed by atoms with Crippen LogP contribution in [-0.4, -0.2) is 26.9 Å². The molecule has 0 unspecified atom stereocenters. The molecule has 1 aliphatic carbocycles. The van der Waals surface area contributed by atoms with Crippen LogP contribution in [0.25, 0.3) is 0 Å². The first-order chi connectivity index (χ1) is 8.26. The summed E-state index contributed by atoms with van der Waals surface area (Å²) in [6.07, 6.45) is 2.45. The highest BCUT2D eigenvalue weighted by Crippen LogP contribution is 2.61. The van der Waals surface area contributed by atoms with E-state index >= 15 is 0 Å². The van der Waals surface area contributed by atoms with Gasteiger partial charge >= 0.3 is 0 Å². The number of hydrogen-bond donors (Lipinski definition) is 1. The molecule has 3 heteroatoms. The molecule has 2 N–H and O–H groups in total. The van der Waals surface area contributed by atoms with Gasteiger partial charge in [-0.25, -0.2) is 0 Å². The number of rotatable bonds is 4. The molecular formula is C14H19NO2. The van der Waals surface area contributed by atoms with Gasteiger partial charge in [0, 0.05) is 5.41 Å². The van der Waals surface area contributed by atoms with Crippen molar-refractivity contribution in [1.29, 1.82) is 0 Å². The molecule has 3 nitrogen and oxygen atoms in total. The van der Waals surface area contributed by atoms with Crippen LogP contribution < -0.4 is 10.5 Å². The lowest BCUT2D eigenvalue weighted by atomic mass is 9.66. The summed E-state index contributed by atoms with van der Waals surface area (Å²) in [5, 5.41) is 0. The standard InChI is InChI=1S/C14H19NO2/c1-16-12-4-2-3-11(7-12)14(9-17-10-14)13(8-15)5-6-13/h2-4,7H,5-6,8-10,15H2,1H3. The molecule has 0 bridgehead atoms. The number of benzene rings is 1. The lowest BCUT2D eigenvalue weighted by molar-refractivity contribution is -0.0973. The molecule has 0 atom stereocenters. The second-order valence-corrected chi connectivity index (χ2v) is 5.29. The highest BCUT2D eigenvalue weighted by molar-refractivity contribution is 5.39. The minimum absolute atomic E-state index is 0.135. The van der Waals surface area contributed by atoms with E-state index in [4.69, 9.17) is 15.2 Å². The number of nitrogens with two attached hydrogens (primary N) is 1. The second-order valence-electron chi connectivity index (χ2n) is 5.29. The van der Waals surface area contributed by atoms with Crippen molar-refractivity contribution < 1.29 is 9.47 Å². The Hall–Kier alpha value is -1.06. The topological polar surface area (TPSA) is 44.5 Å². The van der Waals surface area contributed by atoms with Crippen LogP contribution in [0.1, 0.15) is 18.4 Å². The van der Waals surface area contributed by atoms with Gasteiger partial charge in [0.05, 0.1) is 20.3 Å². The van der Waals surface area contributed by atoms with Crippen LogP contribution in [0.5, 0.6) is 5.75 Å². The van der Waals surface area contributed by atoms with Crippen molar-refractivity contribution in [2.75, 3.05) is 26.9 Å². The molecule has 1 aromatic rings. The first kappa shape index (κ1) is 11.1. The Morgan fingerprint density at radius 1 is 1.35 bits per heavy atom. The molecule has 1 aromatic carbocycles. The monoisotopic (exact) mass is 233 g/mol. The molecule has 1 saturated carbocycles. The Morgan fingerprint density at radius 3 is 2.59 bits per heavy atom. The summed E-state index contributed by atoms with van der Waals surface area (Å²) in [6, 6.07) is 8.36. The smallest absolute Gasteiger partial charge is 0.119 e.